The van der Waals surface area contributed by atoms with E-state index in [0.29, 0.717) is 19.3 Å². The molecule has 6 nitrogen and oxygen atoms in total. The molecule has 0 aliphatic heterocycles. The quantitative estimate of drug-likeness (QED) is 0.0261. The summed E-state index contributed by atoms with van der Waals surface area (Å²) < 4.78 is 16.9. The van der Waals surface area contributed by atoms with Crippen LogP contribution in [0.3, 0.4) is 0 Å². The van der Waals surface area contributed by atoms with Crippen molar-refractivity contribution in [3.8, 4) is 0 Å². The van der Waals surface area contributed by atoms with Crippen LogP contribution in [0.4, 0.5) is 0 Å². The minimum absolute atomic E-state index is 0.0811. The molecule has 0 rings (SSSR count). The van der Waals surface area contributed by atoms with E-state index in [0.717, 1.165) is 103 Å². The van der Waals surface area contributed by atoms with Crippen molar-refractivity contribution in [1.82, 2.24) is 0 Å². The fraction of sp³-hybridized carbons (Fsp3) is 0.764. The van der Waals surface area contributed by atoms with Gasteiger partial charge in [-0.05, 0) is 116 Å². The van der Waals surface area contributed by atoms with E-state index >= 15 is 0 Å². The van der Waals surface area contributed by atoms with Crippen LogP contribution in [0.2, 0.25) is 0 Å². The van der Waals surface area contributed by atoms with Crippen molar-refractivity contribution >= 4 is 17.9 Å². The zero-order valence-corrected chi connectivity index (χ0v) is 51.7. The van der Waals surface area contributed by atoms with Crippen molar-refractivity contribution in [1.29, 1.82) is 0 Å². The molecule has 6 heteroatoms. The van der Waals surface area contributed by atoms with Gasteiger partial charge in [0.1, 0.15) is 13.2 Å². The van der Waals surface area contributed by atoms with Gasteiger partial charge in [-0.15, -0.1) is 0 Å². The van der Waals surface area contributed by atoms with Gasteiger partial charge in [0.15, 0.2) is 6.10 Å². The highest BCUT2D eigenvalue weighted by Gasteiger charge is 2.19. The van der Waals surface area contributed by atoms with Gasteiger partial charge in [-0.25, -0.2) is 0 Å². The molecule has 0 N–H and O–H groups in total. The van der Waals surface area contributed by atoms with Gasteiger partial charge in [0.05, 0.1) is 0 Å². The van der Waals surface area contributed by atoms with Gasteiger partial charge >= 0.3 is 17.9 Å². The van der Waals surface area contributed by atoms with Gasteiger partial charge in [0.25, 0.3) is 0 Å². The lowest BCUT2D eigenvalue weighted by molar-refractivity contribution is -0.167. The molecule has 0 spiro atoms. The number of hydrogen-bond donors (Lipinski definition) is 0. The van der Waals surface area contributed by atoms with Crippen LogP contribution < -0.4 is 0 Å². The van der Waals surface area contributed by atoms with E-state index in [2.05, 4.69) is 106 Å². The molecule has 0 aliphatic carbocycles. The Morgan fingerprint density at radius 1 is 0.269 bits per heavy atom. The third-order valence-corrected chi connectivity index (χ3v) is 14.6. The van der Waals surface area contributed by atoms with Crippen LogP contribution in [0.15, 0.2) is 85.1 Å². The van der Waals surface area contributed by atoms with Gasteiger partial charge in [0, 0.05) is 19.3 Å². The molecule has 78 heavy (non-hydrogen) atoms. The van der Waals surface area contributed by atoms with Crippen molar-refractivity contribution in [3.05, 3.63) is 85.1 Å². The Bertz CT molecular complexity index is 1480. The lowest BCUT2D eigenvalue weighted by Crippen LogP contribution is -2.30. The highest BCUT2D eigenvalue weighted by Crippen LogP contribution is 2.17. The molecule has 0 bridgehead atoms. The highest BCUT2D eigenvalue weighted by molar-refractivity contribution is 5.71. The van der Waals surface area contributed by atoms with Gasteiger partial charge < -0.3 is 14.2 Å². The Morgan fingerprint density at radius 2 is 0.500 bits per heavy atom. The van der Waals surface area contributed by atoms with E-state index in [1.807, 2.05) is 0 Å². The number of hydrogen-bond acceptors (Lipinski definition) is 6. The lowest BCUT2D eigenvalue weighted by atomic mass is 10.0. The first kappa shape index (κ1) is 74.6. The molecule has 0 saturated heterocycles. The molecule has 1 unspecified atom stereocenters. The predicted molar refractivity (Wildman–Crippen MR) is 339 cm³/mol. The van der Waals surface area contributed by atoms with Crippen LogP contribution in [0, 0.1) is 0 Å². The smallest absolute Gasteiger partial charge is 0.306 e. The first-order valence-corrected chi connectivity index (χ1v) is 33.6. The molecule has 0 aliphatic rings. The number of ether oxygens (including phenoxy) is 3. The fourth-order valence-corrected chi connectivity index (χ4v) is 9.58. The second kappa shape index (κ2) is 66.1. The number of unbranched alkanes of at least 4 members (excludes halogenated alkanes) is 36. The van der Waals surface area contributed by atoms with Crippen LogP contribution in [-0.4, -0.2) is 37.2 Å². The van der Waals surface area contributed by atoms with Crippen LogP contribution in [0.1, 0.15) is 335 Å². The first-order chi connectivity index (χ1) is 38.5. The second-order valence-electron chi connectivity index (χ2n) is 22.3. The van der Waals surface area contributed by atoms with Crippen molar-refractivity contribution in [2.45, 2.75) is 341 Å². The first-order valence-electron chi connectivity index (χ1n) is 33.6. The number of carbonyl (C=O) groups excluding carboxylic acids is 3. The Labute approximate surface area is 484 Å². The zero-order valence-electron chi connectivity index (χ0n) is 51.7. The molecule has 0 heterocycles. The molecule has 0 amide bonds. The minimum atomic E-state index is -0.785. The molecule has 0 aromatic carbocycles. The van der Waals surface area contributed by atoms with E-state index < -0.39 is 6.10 Å². The summed E-state index contributed by atoms with van der Waals surface area (Å²) in [6, 6.07) is 0. The number of allylic oxidation sites excluding steroid dienone is 14. The largest absolute Gasteiger partial charge is 0.462 e. The Morgan fingerprint density at radius 3 is 0.821 bits per heavy atom. The van der Waals surface area contributed by atoms with Crippen LogP contribution in [0.25, 0.3) is 0 Å². The van der Waals surface area contributed by atoms with E-state index in [-0.39, 0.29) is 31.1 Å². The number of carbonyl (C=O) groups is 3. The molecule has 0 fully saturated rings. The van der Waals surface area contributed by atoms with Gasteiger partial charge in [-0.2, -0.15) is 0 Å². The predicted octanol–water partition coefficient (Wildman–Crippen LogP) is 23.1. The summed E-state index contributed by atoms with van der Waals surface area (Å²) >= 11 is 0. The summed E-state index contributed by atoms with van der Waals surface area (Å²) in [4.78, 5) is 38.3. The average molecular weight is 1090 g/mol. The Balaban J connectivity index is 4.18. The number of rotatable bonds is 61. The lowest BCUT2D eigenvalue weighted by Gasteiger charge is -2.18. The summed E-state index contributed by atoms with van der Waals surface area (Å²) in [6.07, 6.45) is 87.5. The molecule has 1 atom stereocenters. The van der Waals surface area contributed by atoms with Crippen LogP contribution in [0.5, 0.6) is 0 Å². The summed E-state index contributed by atoms with van der Waals surface area (Å²) in [5.74, 6) is -0.888. The van der Waals surface area contributed by atoms with Gasteiger partial charge in [0.2, 0.25) is 0 Å². The maximum absolute atomic E-state index is 12.9. The average Bonchev–Trinajstić information content (AvgIpc) is 3.44. The summed E-state index contributed by atoms with van der Waals surface area (Å²) in [5.41, 5.74) is 0. The SMILES string of the molecule is CC/C=C\C/C=C\C/C=C\CCCCCCCCCC(=O)OC(COC(=O)CCCCCCC/C=C\CCCCC)COC(=O)CCCCCCCCCCCCCCCCCC/C=C\C/C=C\C/C=C\CCCCCCC. The monoisotopic (exact) mass is 1090 g/mol. The van der Waals surface area contributed by atoms with Crippen molar-refractivity contribution in [2.24, 2.45) is 0 Å². The van der Waals surface area contributed by atoms with Crippen LogP contribution in [-0.2, 0) is 28.6 Å². The molecular formula is C72H126O6. The van der Waals surface area contributed by atoms with Gasteiger partial charge in [-0.1, -0.05) is 286 Å². The van der Waals surface area contributed by atoms with Crippen LogP contribution >= 0.6 is 0 Å². The van der Waals surface area contributed by atoms with Crippen molar-refractivity contribution < 1.29 is 28.6 Å². The van der Waals surface area contributed by atoms with E-state index in [9.17, 15) is 14.4 Å². The highest BCUT2D eigenvalue weighted by atomic mass is 16.6. The van der Waals surface area contributed by atoms with Crippen molar-refractivity contribution in [3.63, 3.8) is 0 Å². The molecule has 0 radical (unpaired) electrons. The maximum Gasteiger partial charge on any atom is 0.306 e. The summed E-state index contributed by atoms with van der Waals surface area (Å²) in [7, 11) is 0. The zero-order chi connectivity index (χ0) is 56.4. The topological polar surface area (TPSA) is 78.9 Å². The molecule has 0 saturated carbocycles. The van der Waals surface area contributed by atoms with E-state index in [1.165, 1.54) is 193 Å². The summed E-state index contributed by atoms with van der Waals surface area (Å²) in [6.45, 7) is 6.51. The third kappa shape index (κ3) is 63.4. The maximum atomic E-state index is 12.9. The standard InChI is InChI=1S/C72H126O6/c1-4-7-10-13-16-19-22-25-27-29-30-31-32-33-34-35-36-37-38-39-40-41-42-44-45-47-50-53-56-59-62-65-71(74)77-68-69(67-76-70(73)64-61-58-55-52-49-24-21-18-15-12-9-6-3)78-72(75)66-63-60-57-54-51-48-46-43-28-26-23-20-17-14-11-8-5-2/h8,11,17-18,20-22,25-26,28-30,32-33,69H,4-7,9-10,12-16,19,23-24,27,31,34-68H2,1-3H3/b11-8-,20-17-,21-18-,25-22-,28-26-,30-29-,33-32-. The van der Waals surface area contributed by atoms with Crippen molar-refractivity contribution in [2.75, 3.05) is 13.2 Å². The molecular weight excluding hydrogens is 961 g/mol. The molecule has 450 valence electrons. The van der Waals surface area contributed by atoms with E-state index in [4.69, 9.17) is 14.2 Å². The number of esters is 3. The normalized spacial score (nSPS) is 12.6. The minimum Gasteiger partial charge on any atom is -0.462 e. The summed E-state index contributed by atoms with van der Waals surface area (Å²) in [5, 5.41) is 0. The van der Waals surface area contributed by atoms with E-state index in [1.54, 1.807) is 0 Å². The van der Waals surface area contributed by atoms with Gasteiger partial charge in [-0.3, -0.25) is 14.4 Å². The Hall–Kier alpha value is -3.41. The second-order valence-corrected chi connectivity index (χ2v) is 22.3. The molecule has 0 aromatic heterocycles. The third-order valence-electron chi connectivity index (χ3n) is 14.6. The molecule has 0 aromatic rings. The Kier molecular flexibility index (Phi) is 63.2. The fourth-order valence-electron chi connectivity index (χ4n) is 9.58.